The van der Waals surface area contributed by atoms with Gasteiger partial charge < -0.3 is 24.6 Å². The fraction of sp³-hybridized carbons (Fsp3) is 0.452. The molecular weight excluding hydrogens is 544 g/mol. The zero-order valence-corrected chi connectivity index (χ0v) is 24.1. The van der Waals surface area contributed by atoms with Crippen LogP contribution in [0.25, 0.3) is 0 Å². The summed E-state index contributed by atoms with van der Waals surface area (Å²) in [4.78, 5) is 13.3. The molecule has 0 aromatic heterocycles. The molecule has 41 heavy (non-hydrogen) atoms. The molecule has 1 aliphatic carbocycles. The van der Waals surface area contributed by atoms with Gasteiger partial charge in [0.25, 0.3) is 5.91 Å². The first-order chi connectivity index (χ1) is 19.8. The molecule has 1 saturated carbocycles. The van der Waals surface area contributed by atoms with Crippen LogP contribution in [0.2, 0.25) is 0 Å². The van der Waals surface area contributed by atoms with Crippen molar-refractivity contribution < 1.29 is 32.5 Å². The van der Waals surface area contributed by atoms with Crippen molar-refractivity contribution >= 4 is 15.9 Å². The van der Waals surface area contributed by atoms with Crippen LogP contribution >= 0.6 is 0 Å². The fourth-order valence-electron chi connectivity index (χ4n) is 5.13. The van der Waals surface area contributed by atoms with E-state index in [4.69, 9.17) is 20.6 Å². The molecule has 2 atom stereocenters. The minimum absolute atomic E-state index is 0.000324. The number of amides is 1. The highest BCUT2D eigenvalue weighted by Crippen LogP contribution is 2.32. The number of nitrogens with zero attached hydrogens (tertiary/aromatic N) is 1. The third-order valence-corrected chi connectivity index (χ3v) is 9.33. The van der Waals surface area contributed by atoms with Gasteiger partial charge in [0.1, 0.15) is 5.75 Å². The molecule has 9 nitrogen and oxygen atoms in total. The van der Waals surface area contributed by atoms with Crippen LogP contribution in [0.1, 0.15) is 55.6 Å². The molecule has 0 radical (unpaired) electrons. The SMILES string of the molecule is C#Cc1ccc([C@H]2C=C(C(=O)NC3CCCCC3)O[C@@H](OCCN(CCO)S(=O)(=O)c3ccc(OC)cc3)C2)cc1. The molecule has 0 spiro atoms. The number of ether oxygens (including phenoxy) is 3. The Morgan fingerprint density at radius 3 is 2.44 bits per heavy atom. The summed E-state index contributed by atoms with van der Waals surface area (Å²) in [6.45, 7) is -0.453. The van der Waals surface area contributed by atoms with Gasteiger partial charge in [-0.15, -0.1) is 6.42 Å². The number of rotatable bonds is 12. The first-order valence-electron chi connectivity index (χ1n) is 14.0. The van der Waals surface area contributed by atoms with Gasteiger partial charge in [0.15, 0.2) is 5.76 Å². The van der Waals surface area contributed by atoms with E-state index in [1.54, 1.807) is 12.1 Å². The van der Waals surface area contributed by atoms with Gasteiger partial charge in [0.05, 0.1) is 25.2 Å². The summed E-state index contributed by atoms with van der Waals surface area (Å²) in [5, 5.41) is 12.6. The van der Waals surface area contributed by atoms with Crippen LogP contribution in [0.5, 0.6) is 5.75 Å². The van der Waals surface area contributed by atoms with Gasteiger partial charge in [-0.25, -0.2) is 8.42 Å². The second-order valence-corrected chi connectivity index (χ2v) is 12.1. The summed E-state index contributed by atoms with van der Waals surface area (Å²) in [6, 6.07) is 13.7. The zero-order valence-electron chi connectivity index (χ0n) is 23.3. The molecule has 2 aromatic carbocycles. The topological polar surface area (TPSA) is 114 Å². The van der Waals surface area contributed by atoms with Crippen molar-refractivity contribution in [3.8, 4) is 18.1 Å². The lowest BCUT2D eigenvalue weighted by Crippen LogP contribution is -2.40. The maximum atomic E-state index is 13.2. The highest BCUT2D eigenvalue weighted by atomic mass is 32.2. The van der Waals surface area contributed by atoms with Crippen LogP contribution in [-0.2, 0) is 24.3 Å². The predicted molar refractivity (Wildman–Crippen MR) is 154 cm³/mol. The number of nitrogens with one attached hydrogen (secondary N) is 1. The third kappa shape index (κ3) is 8.11. The maximum absolute atomic E-state index is 13.2. The van der Waals surface area contributed by atoms with Crippen LogP contribution in [0.15, 0.2) is 65.3 Å². The Labute approximate surface area is 242 Å². The number of hydrogen-bond donors (Lipinski definition) is 2. The Bertz CT molecular complexity index is 1330. The Morgan fingerprint density at radius 1 is 1.10 bits per heavy atom. The second kappa shape index (κ2) is 14.5. The Kier molecular flexibility index (Phi) is 10.8. The molecule has 2 N–H and O–H groups in total. The standard InChI is InChI=1S/C31H38N2O7S/c1-3-23-9-11-24(12-10-23)25-21-29(31(35)32-26-7-5-4-6-8-26)40-30(22-25)39-20-18-33(17-19-34)41(36,37)28-15-13-27(38-2)14-16-28/h1,9-16,21,25-26,30,34H,4-8,17-20,22H2,2H3,(H,32,35)/t25-,30+/m0/s1. The monoisotopic (exact) mass is 582 g/mol. The molecule has 2 aliphatic rings. The van der Waals surface area contributed by atoms with Gasteiger partial charge in [-0.2, -0.15) is 4.31 Å². The van der Waals surface area contributed by atoms with Crippen LogP contribution in [0.3, 0.4) is 0 Å². The number of hydrogen-bond acceptors (Lipinski definition) is 7. The van der Waals surface area contributed by atoms with E-state index in [1.807, 2.05) is 30.3 Å². The maximum Gasteiger partial charge on any atom is 0.286 e. The van der Waals surface area contributed by atoms with E-state index in [0.717, 1.165) is 36.8 Å². The molecule has 1 heterocycles. The lowest BCUT2D eigenvalue weighted by atomic mass is 9.92. The zero-order chi connectivity index (χ0) is 29.2. The number of allylic oxidation sites excluding steroid dienone is 1. The summed E-state index contributed by atoms with van der Waals surface area (Å²) < 4.78 is 44.8. The molecule has 10 heteroatoms. The first kappa shape index (κ1) is 30.6. The molecule has 1 fully saturated rings. The van der Waals surface area contributed by atoms with Crippen molar-refractivity contribution in [2.45, 2.75) is 61.7 Å². The number of carbonyl (C=O) groups is 1. The molecule has 2 aromatic rings. The minimum Gasteiger partial charge on any atom is -0.497 e. The van der Waals surface area contributed by atoms with Gasteiger partial charge in [0.2, 0.25) is 16.3 Å². The van der Waals surface area contributed by atoms with E-state index in [0.29, 0.717) is 12.2 Å². The van der Waals surface area contributed by atoms with Crippen molar-refractivity contribution in [1.82, 2.24) is 9.62 Å². The van der Waals surface area contributed by atoms with Crippen molar-refractivity contribution in [1.29, 1.82) is 0 Å². The summed E-state index contributed by atoms with van der Waals surface area (Å²) in [5.41, 5.74) is 1.72. The average Bonchev–Trinajstić information content (AvgIpc) is 3.01. The Morgan fingerprint density at radius 2 is 1.80 bits per heavy atom. The number of terminal acetylenes is 1. The number of benzene rings is 2. The van der Waals surface area contributed by atoms with Crippen molar-refractivity contribution in [2.24, 2.45) is 0 Å². The summed E-state index contributed by atoms with van der Waals surface area (Å²) in [6.07, 6.45) is 12.2. The molecule has 1 aliphatic heterocycles. The fourth-order valence-corrected chi connectivity index (χ4v) is 6.54. The number of aliphatic hydroxyl groups excluding tert-OH is 1. The predicted octanol–water partition coefficient (Wildman–Crippen LogP) is 3.54. The number of aliphatic hydroxyl groups is 1. The van der Waals surface area contributed by atoms with Gasteiger partial charge in [0, 0.05) is 37.0 Å². The van der Waals surface area contributed by atoms with Crippen LogP contribution in [-0.4, -0.2) is 69.5 Å². The summed E-state index contributed by atoms with van der Waals surface area (Å²) in [7, 11) is -2.38. The lowest BCUT2D eigenvalue weighted by Gasteiger charge is -2.31. The van der Waals surface area contributed by atoms with E-state index < -0.39 is 16.3 Å². The molecular formula is C31H38N2O7S. The van der Waals surface area contributed by atoms with E-state index in [1.165, 1.54) is 30.0 Å². The largest absolute Gasteiger partial charge is 0.497 e. The molecule has 0 bridgehead atoms. The van der Waals surface area contributed by atoms with E-state index >= 15 is 0 Å². The number of sulfonamides is 1. The highest BCUT2D eigenvalue weighted by Gasteiger charge is 2.31. The van der Waals surface area contributed by atoms with Crippen molar-refractivity contribution in [2.75, 3.05) is 33.4 Å². The van der Waals surface area contributed by atoms with Gasteiger partial charge >= 0.3 is 0 Å². The molecule has 1 amide bonds. The van der Waals surface area contributed by atoms with E-state index in [2.05, 4.69) is 11.2 Å². The molecule has 220 valence electrons. The van der Waals surface area contributed by atoms with E-state index in [-0.39, 0.29) is 54.8 Å². The second-order valence-electron chi connectivity index (χ2n) is 10.2. The van der Waals surface area contributed by atoms with Crippen LogP contribution in [0, 0.1) is 12.3 Å². The molecule has 0 saturated heterocycles. The van der Waals surface area contributed by atoms with Crippen LogP contribution < -0.4 is 10.1 Å². The minimum atomic E-state index is -3.89. The van der Waals surface area contributed by atoms with Crippen molar-refractivity contribution in [3.63, 3.8) is 0 Å². The van der Waals surface area contributed by atoms with Crippen molar-refractivity contribution in [3.05, 3.63) is 71.5 Å². The van der Waals surface area contributed by atoms with Gasteiger partial charge in [-0.05, 0) is 60.9 Å². The Hall–Kier alpha value is -3.36. The number of methoxy groups -OCH3 is 1. The summed E-state index contributed by atoms with van der Waals surface area (Å²) in [5.74, 6) is 2.90. The van der Waals surface area contributed by atoms with Gasteiger partial charge in [-0.3, -0.25) is 4.79 Å². The first-order valence-corrected chi connectivity index (χ1v) is 15.4. The van der Waals surface area contributed by atoms with Crippen LogP contribution in [0.4, 0.5) is 0 Å². The molecule has 0 unspecified atom stereocenters. The third-order valence-electron chi connectivity index (χ3n) is 7.42. The number of carbonyl (C=O) groups excluding carboxylic acids is 1. The summed E-state index contributed by atoms with van der Waals surface area (Å²) >= 11 is 0. The average molecular weight is 583 g/mol. The normalized spacial score (nSPS) is 19.6. The van der Waals surface area contributed by atoms with Gasteiger partial charge in [-0.1, -0.05) is 37.3 Å². The smallest absolute Gasteiger partial charge is 0.286 e. The molecule has 4 rings (SSSR count). The quantitative estimate of drug-likeness (QED) is 0.368. The Balaban J connectivity index is 1.45. The lowest BCUT2D eigenvalue weighted by molar-refractivity contribution is -0.147. The van der Waals surface area contributed by atoms with E-state index in [9.17, 15) is 18.3 Å². The highest BCUT2D eigenvalue weighted by molar-refractivity contribution is 7.89.